The average molecular weight is 295 g/mol. The molecular formula is C15H25N3O3. The molecule has 2 amide bonds. The quantitative estimate of drug-likeness (QED) is 0.818. The van der Waals surface area contributed by atoms with Crippen LogP contribution in [0.1, 0.15) is 39.0 Å². The number of carboxylic acids is 1. The van der Waals surface area contributed by atoms with Crippen LogP contribution in [0.4, 0.5) is 4.79 Å². The summed E-state index contributed by atoms with van der Waals surface area (Å²) in [6.45, 7) is 4.55. The molecule has 3 atom stereocenters. The summed E-state index contributed by atoms with van der Waals surface area (Å²) in [4.78, 5) is 27.7. The number of likely N-dealkylation sites (tertiary alicyclic amines) is 2. The van der Waals surface area contributed by atoms with Gasteiger partial charge in [0.05, 0.1) is 5.92 Å². The van der Waals surface area contributed by atoms with E-state index in [0.29, 0.717) is 19.4 Å². The maximum absolute atomic E-state index is 12.4. The molecule has 6 heteroatoms. The summed E-state index contributed by atoms with van der Waals surface area (Å²) in [5, 5.41) is 12.2. The highest BCUT2D eigenvalue weighted by molar-refractivity contribution is 5.76. The zero-order valence-electron chi connectivity index (χ0n) is 12.6. The molecule has 0 aromatic heterocycles. The fraction of sp³-hybridized carbons (Fsp3) is 0.867. The molecule has 3 fully saturated rings. The van der Waals surface area contributed by atoms with E-state index in [2.05, 4.69) is 10.2 Å². The molecule has 2 heterocycles. The fourth-order valence-corrected chi connectivity index (χ4v) is 3.63. The fourth-order valence-electron chi connectivity index (χ4n) is 3.63. The van der Waals surface area contributed by atoms with Crippen molar-refractivity contribution in [2.75, 3.05) is 19.6 Å². The Hall–Kier alpha value is -1.30. The number of hydrogen-bond donors (Lipinski definition) is 2. The van der Waals surface area contributed by atoms with Crippen molar-refractivity contribution in [3.63, 3.8) is 0 Å². The van der Waals surface area contributed by atoms with E-state index in [1.165, 1.54) is 12.8 Å². The van der Waals surface area contributed by atoms with E-state index in [1.807, 2.05) is 6.92 Å². The van der Waals surface area contributed by atoms with Crippen molar-refractivity contribution in [1.29, 1.82) is 0 Å². The third-order valence-electron chi connectivity index (χ3n) is 5.10. The lowest BCUT2D eigenvalue weighted by atomic mass is 9.92. The highest BCUT2D eigenvalue weighted by Gasteiger charge is 2.37. The number of rotatable bonds is 3. The summed E-state index contributed by atoms with van der Waals surface area (Å²) in [5.41, 5.74) is 0. The minimum atomic E-state index is -0.738. The number of urea groups is 1. The SMILES string of the molecule is CC1CC(C(=O)O)CCN1C(=O)NC1CCN(C2CC2)C1. The molecule has 2 aliphatic heterocycles. The molecule has 0 aromatic rings. The number of carbonyl (C=O) groups is 2. The first-order valence-electron chi connectivity index (χ1n) is 8.08. The Bertz CT molecular complexity index is 424. The lowest BCUT2D eigenvalue weighted by molar-refractivity contribution is -0.143. The summed E-state index contributed by atoms with van der Waals surface area (Å²) in [6, 6.07) is 0.995. The predicted octanol–water partition coefficient (Wildman–Crippen LogP) is 1.12. The van der Waals surface area contributed by atoms with Gasteiger partial charge in [-0.15, -0.1) is 0 Å². The first-order valence-corrected chi connectivity index (χ1v) is 8.08. The van der Waals surface area contributed by atoms with Gasteiger partial charge >= 0.3 is 12.0 Å². The maximum atomic E-state index is 12.4. The normalized spacial score (nSPS) is 34.0. The smallest absolute Gasteiger partial charge is 0.317 e. The monoisotopic (exact) mass is 295 g/mol. The van der Waals surface area contributed by atoms with E-state index < -0.39 is 5.97 Å². The number of carbonyl (C=O) groups excluding carboxylic acids is 1. The number of carboxylic acid groups (broad SMARTS) is 1. The van der Waals surface area contributed by atoms with Crippen LogP contribution in [-0.2, 0) is 4.79 Å². The Labute approximate surface area is 125 Å². The number of amides is 2. The zero-order chi connectivity index (χ0) is 15.0. The van der Waals surface area contributed by atoms with Gasteiger partial charge in [0.2, 0.25) is 0 Å². The van der Waals surface area contributed by atoms with Crippen molar-refractivity contribution in [1.82, 2.24) is 15.1 Å². The van der Waals surface area contributed by atoms with Gasteiger partial charge in [0.25, 0.3) is 0 Å². The van der Waals surface area contributed by atoms with Crippen LogP contribution in [0.5, 0.6) is 0 Å². The van der Waals surface area contributed by atoms with Gasteiger partial charge in [-0.05, 0) is 39.0 Å². The Morgan fingerprint density at radius 1 is 1.14 bits per heavy atom. The summed E-state index contributed by atoms with van der Waals surface area (Å²) >= 11 is 0. The maximum Gasteiger partial charge on any atom is 0.317 e. The van der Waals surface area contributed by atoms with Crippen LogP contribution in [-0.4, -0.2) is 64.7 Å². The van der Waals surface area contributed by atoms with Gasteiger partial charge in [-0.3, -0.25) is 9.69 Å². The van der Waals surface area contributed by atoms with E-state index >= 15 is 0 Å². The summed E-state index contributed by atoms with van der Waals surface area (Å²) in [6.07, 6.45) is 4.76. The number of nitrogens with one attached hydrogen (secondary N) is 1. The van der Waals surface area contributed by atoms with Crippen LogP contribution >= 0.6 is 0 Å². The largest absolute Gasteiger partial charge is 0.481 e. The number of nitrogens with zero attached hydrogens (tertiary/aromatic N) is 2. The molecule has 0 radical (unpaired) electrons. The van der Waals surface area contributed by atoms with Crippen molar-refractivity contribution < 1.29 is 14.7 Å². The lowest BCUT2D eigenvalue weighted by Crippen LogP contribution is -2.52. The van der Waals surface area contributed by atoms with Gasteiger partial charge in [-0.2, -0.15) is 0 Å². The first kappa shape index (κ1) is 14.6. The molecule has 21 heavy (non-hydrogen) atoms. The third kappa shape index (κ3) is 3.31. The van der Waals surface area contributed by atoms with Crippen LogP contribution in [0.2, 0.25) is 0 Å². The predicted molar refractivity (Wildman–Crippen MR) is 78.1 cm³/mol. The number of piperidine rings is 1. The molecule has 1 saturated carbocycles. The second-order valence-corrected chi connectivity index (χ2v) is 6.76. The molecule has 0 bridgehead atoms. The third-order valence-corrected chi connectivity index (χ3v) is 5.10. The van der Waals surface area contributed by atoms with Crippen molar-refractivity contribution in [2.24, 2.45) is 5.92 Å². The molecule has 3 aliphatic rings. The van der Waals surface area contributed by atoms with Gasteiger partial charge in [0.15, 0.2) is 0 Å². The molecule has 0 aromatic carbocycles. The molecule has 2 saturated heterocycles. The first-order chi connectivity index (χ1) is 10.0. The van der Waals surface area contributed by atoms with Crippen molar-refractivity contribution in [2.45, 2.75) is 57.2 Å². The molecule has 3 unspecified atom stereocenters. The molecule has 3 rings (SSSR count). The topological polar surface area (TPSA) is 72.9 Å². The van der Waals surface area contributed by atoms with E-state index in [4.69, 9.17) is 5.11 Å². The molecule has 118 valence electrons. The van der Waals surface area contributed by atoms with E-state index in [1.54, 1.807) is 4.90 Å². The lowest BCUT2D eigenvalue weighted by Gasteiger charge is -2.36. The molecule has 0 spiro atoms. The van der Waals surface area contributed by atoms with Crippen LogP contribution in [0.15, 0.2) is 0 Å². The van der Waals surface area contributed by atoms with Crippen LogP contribution in [0, 0.1) is 5.92 Å². The van der Waals surface area contributed by atoms with Crippen LogP contribution < -0.4 is 5.32 Å². The molecular weight excluding hydrogens is 270 g/mol. The van der Waals surface area contributed by atoms with Crippen LogP contribution in [0.25, 0.3) is 0 Å². The van der Waals surface area contributed by atoms with E-state index in [9.17, 15) is 9.59 Å². The molecule has 6 nitrogen and oxygen atoms in total. The number of hydrogen-bond acceptors (Lipinski definition) is 3. The van der Waals surface area contributed by atoms with Crippen molar-refractivity contribution >= 4 is 12.0 Å². The van der Waals surface area contributed by atoms with Crippen molar-refractivity contribution in [3.05, 3.63) is 0 Å². The number of aliphatic carboxylic acids is 1. The Morgan fingerprint density at radius 2 is 1.90 bits per heavy atom. The van der Waals surface area contributed by atoms with Gasteiger partial charge in [0, 0.05) is 37.8 Å². The van der Waals surface area contributed by atoms with Gasteiger partial charge in [0.1, 0.15) is 0 Å². The zero-order valence-corrected chi connectivity index (χ0v) is 12.6. The van der Waals surface area contributed by atoms with Gasteiger partial charge < -0.3 is 15.3 Å². The highest BCUT2D eigenvalue weighted by atomic mass is 16.4. The van der Waals surface area contributed by atoms with E-state index in [0.717, 1.165) is 25.6 Å². The second kappa shape index (κ2) is 5.83. The molecule has 1 aliphatic carbocycles. The van der Waals surface area contributed by atoms with E-state index in [-0.39, 0.29) is 24.0 Å². The Kier molecular flexibility index (Phi) is 4.06. The average Bonchev–Trinajstić information content (AvgIpc) is 3.19. The standard InChI is InChI=1S/C15H25N3O3/c1-10-8-11(14(19)20)4-7-18(10)15(21)16-12-5-6-17(9-12)13-2-3-13/h10-13H,2-9H2,1H3,(H,16,21)(H,19,20). The highest BCUT2D eigenvalue weighted by Crippen LogP contribution is 2.30. The Morgan fingerprint density at radius 3 is 2.52 bits per heavy atom. The summed E-state index contributed by atoms with van der Waals surface area (Å²) in [5.74, 6) is -1.04. The second-order valence-electron chi connectivity index (χ2n) is 6.76. The minimum Gasteiger partial charge on any atom is -0.481 e. The summed E-state index contributed by atoms with van der Waals surface area (Å²) in [7, 11) is 0. The Balaban J connectivity index is 1.48. The summed E-state index contributed by atoms with van der Waals surface area (Å²) < 4.78 is 0. The van der Waals surface area contributed by atoms with Crippen LogP contribution in [0.3, 0.4) is 0 Å². The van der Waals surface area contributed by atoms with Crippen molar-refractivity contribution in [3.8, 4) is 0 Å². The minimum absolute atomic E-state index is 0.000730. The molecule has 2 N–H and O–H groups in total. The van der Waals surface area contributed by atoms with Gasteiger partial charge in [-0.25, -0.2) is 4.79 Å². The van der Waals surface area contributed by atoms with Gasteiger partial charge in [-0.1, -0.05) is 0 Å².